The molecular formula is C47H45O2Si. The van der Waals surface area contributed by atoms with Crippen LogP contribution in [0.15, 0.2) is 112 Å². The summed E-state index contributed by atoms with van der Waals surface area (Å²) in [5.74, 6) is 3.78. The molecule has 1 unspecified atom stereocenters. The zero-order chi connectivity index (χ0) is 34.9. The van der Waals surface area contributed by atoms with Gasteiger partial charge >= 0.3 is 0 Å². The minimum Gasteiger partial charge on any atom is -0.462 e. The molecule has 1 atom stereocenters. The fourth-order valence-corrected chi connectivity index (χ4v) is 9.65. The molecule has 2 aromatic heterocycles. The Kier molecular flexibility index (Phi) is 7.88. The number of fused-ring (bicyclic) bond motifs is 2. The second-order valence-corrected chi connectivity index (χ2v) is 17.9. The van der Waals surface area contributed by atoms with E-state index in [-0.39, 0.29) is 11.3 Å². The summed E-state index contributed by atoms with van der Waals surface area (Å²) in [7, 11) is -0.732. The van der Waals surface area contributed by atoms with Crippen LogP contribution in [0.5, 0.6) is 0 Å². The first kappa shape index (κ1) is 32.3. The van der Waals surface area contributed by atoms with Crippen molar-refractivity contribution in [3.8, 4) is 22.3 Å². The molecule has 249 valence electrons. The van der Waals surface area contributed by atoms with Crippen LogP contribution in [0.3, 0.4) is 0 Å². The number of furan rings is 2. The lowest BCUT2D eigenvalue weighted by molar-refractivity contribution is 0.403. The van der Waals surface area contributed by atoms with E-state index in [9.17, 15) is 0 Å². The molecule has 8 rings (SSSR count). The third-order valence-electron chi connectivity index (χ3n) is 10.7. The Morgan fingerprint density at radius 2 is 1.34 bits per heavy atom. The Hall–Kier alpha value is -4.86. The molecule has 0 spiro atoms. The van der Waals surface area contributed by atoms with Crippen LogP contribution in [0.25, 0.3) is 45.0 Å². The van der Waals surface area contributed by atoms with Crippen LogP contribution in [0.1, 0.15) is 83.1 Å². The summed E-state index contributed by atoms with van der Waals surface area (Å²) >= 11 is 0. The van der Waals surface area contributed by atoms with E-state index in [4.69, 9.17) is 8.83 Å². The molecule has 0 amide bonds. The van der Waals surface area contributed by atoms with E-state index < -0.39 is 8.80 Å². The summed E-state index contributed by atoms with van der Waals surface area (Å²) in [6.45, 7) is 18.1. The third-order valence-corrected chi connectivity index (χ3v) is 12.3. The second kappa shape index (κ2) is 12.2. The Morgan fingerprint density at radius 3 is 1.94 bits per heavy atom. The first-order valence-electron chi connectivity index (χ1n) is 17.8. The molecule has 2 heterocycles. The van der Waals surface area contributed by atoms with Gasteiger partial charge in [-0.25, -0.2) is 0 Å². The van der Waals surface area contributed by atoms with Gasteiger partial charge in [-0.2, -0.15) is 0 Å². The fourth-order valence-electron chi connectivity index (χ4n) is 8.31. The molecule has 0 saturated carbocycles. The van der Waals surface area contributed by atoms with Crippen molar-refractivity contribution in [2.45, 2.75) is 72.4 Å². The SMILES string of the molecule is Cc1ccc(C2=Cc3c(ccc(C)c3-c3ccccc3)C2C2=C(c3ccc(C(C)(C)C)o3)Cc3cc([Si](C)C)c(C)c(-c4ccccc4)c32)o1. The number of benzene rings is 4. The van der Waals surface area contributed by atoms with Gasteiger partial charge in [-0.05, 0) is 112 Å². The van der Waals surface area contributed by atoms with Gasteiger partial charge in [0, 0.05) is 28.9 Å². The van der Waals surface area contributed by atoms with Crippen LogP contribution in [0.4, 0.5) is 0 Å². The highest BCUT2D eigenvalue weighted by molar-refractivity contribution is 6.71. The number of rotatable bonds is 6. The molecular weight excluding hydrogens is 625 g/mol. The molecule has 0 fully saturated rings. The van der Waals surface area contributed by atoms with Crippen LogP contribution in [-0.2, 0) is 11.8 Å². The van der Waals surface area contributed by atoms with Crippen molar-refractivity contribution < 1.29 is 8.83 Å². The van der Waals surface area contributed by atoms with Gasteiger partial charge in [-0.3, -0.25) is 0 Å². The molecule has 6 aromatic rings. The zero-order valence-electron chi connectivity index (χ0n) is 30.5. The van der Waals surface area contributed by atoms with Crippen molar-refractivity contribution in [1.29, 1.82) is 0 Å². The summed E-state index contributed by atoms with van der Waals surface area (Å²) in [5, 5.41) is 1.51. The minimum atomic E-state index is -0.732. The summed E-state index contributed by atoms with van der Waals surface area (Å²) < 4.78 is 13.4. The standard InChI is InChI=1S/C47H45O2Si/c1-28-19-21-34-35(42(28)31-15-11-9-12-16-31)27-37(38-22-20-29(2)48-38)45(34)46-36(39-23-24-41(49-39)47(4,5)6)25-33-26-40(50(7)8)30(3)43(44(33)46)32-17-13-10-14-18-32/h9-24,26-27,45H,25H2,1-8H3. The maximum Gasteiger partial charge on any atom is 0.131 e. The smallest absolute Gasteiger partial charge is 0.131 e. The number of allylic oxidation sites excluding steroid dienone is 3. The van der Waals surface area contributed by atoms with Crippen LogP contribution in [-0.4, -0.2) is 8.80 Å². The Balaban J connectivity index is 1.49. The van der Waals surface area contributed by atoms with Crippen molar-refractivity contribution in [3.63, 3.8) is 0 Å². The Bertz CT molecular complexity index is 2320. The van der Waals surface area contributed by atoms with Crippen molar-refractivity contribution in [3.05, 3.63) is 160 Å². The maximum atomic E-state index is 6.86. The van der Waals surface area contributed by atoms with Gasteiger partial charge in [-0.15, -0.1) is 0 Å². The molecule has 2 aliphatic rings. The van der Waals surface area contributed by atoms with Crippen molar-refractivity contribution in [2.75, 3.05) is 0 Å². The van der Waals surface area contributed by atoms with Crippen LogP contribution >= 0.6 is 0 Å². The van der Waals surface area contributed by atoms with E-state index in [1.54, 1.807) is 0 Å². The highest BCUT2D eigenvalue weighted by Crippen LogP contribution is 2.58. The molecule has 1 radical (unpaired) electrons. The summed E-state index contributed by atoms with van der Waals surface area (Å²) in [6, 6.07) is 37.8. The fraction of sp³-hybridized carbons (Fsp3) is 0.234. The van der Waals surface area contributed by atoms with Crippen molar-refractivity contribution >= 4 is 36.8 Å². The monoisotopic (exact) mass is 669 g/mol. The van der Waals surface area contributed by atoms with Gasteiger partial charge in [0.05, 0.1) is 8.80 Å². The zero-order valence-corrected chi connectivity index (χ0v) is 31.5. The predicted molar refractivity (Wildman–Crippen MR) is 212 cm³/mol. The van der Waals surface area contributed by atoms with E-state index in [0.717, 1.165) is 29.5 Å². The largest absolute Gasteiger partial charge is 0.462 e. The minimum absolute atomic E-state index is 0.0428. The number of hydrogen-bond donors (Lipinski definition) is 0. The quantitative estimate of drug-likeness (QED) is 0.165. The van der Waals surface area contributed by atoms with Gasteiger partial charge in [0.1, 0.15) is 23.0 Å². The second-order valence-electron chi connectivity index (χ2n) is 15.4. The molecule has 3 heteroatoms. The summed E-state index contributed by atoms with van der Waals surface area (Å²) in [5.41, 5.74) is 16.9. The van der Waals surface area contributed by atoms with Crippen molar-refractivity contribution in [2.24, 2.45) is 0 Å². The highest BCUT2D eigenvalue weighted by atomic mass is 28.3. The number of aryl methyl sites for hydroxylation is 2. The lowest BCUT2D eigenvalue weighted by Gasteiger charge is -2.26. The molecule has 0 saturated heterocycles. The van der Waals surface area contributed by atoms with Gasteiger partial charge in [0.25, 0.3) is 0 Å². The van der Waals surface area contributed by atoms with Crippen molar-refractivity contribution in [1.82, 2.24) is 0 Å². The van der Waals surface area contributed by atoms with Gasteiger partial charge in [0.15, 0.2) is 0 Å². The van der Waals surface area contributed by atoms with E-state index in [0.29, 0.717) is 0 Å². The van der Waals surface area contributed by atoms with Gasteiger partial charge in [-0.1, -0.05) is 118 Å². The summed E-state index contributed by atoms with van der Waals surface area (Å²) in [4.78, 5) is 0. The van der Waals surface area contributed by atoms with Crippen LogP contribution in [0.2, 0.25) is 13.1 Å². The molecule has 2 aliphatic carbocycles. The van der Waals surface area contributed by atoms with E-state index in [2.05, 4.69) is 157 Å². The lowest BCUT2D eigenvalue weighted by Crippen LogP contribution is -2.27. The molecule has 0 N–H and O–H groups in total. The normalized spacial score (nSPS) is 15.5. The van der Waals surface area contributed by atoms with Crippen LogP contribution < -0.4 is 5.19 Å². The van der Waals surface area contributed by atoms with E-state index in [1.807, 2.05) is 6.92 Å². The molecule has 50 heavy (non-hydrogen) atoms. The Labute approximate surface area is 298 Å². The van der Waals surface area contributed by atoms with Gasteiger partial charge in [0.2, 0.25) is 0 Å². The van der Waals surface area contributed by atoms with Crippen LogP contribution in [0, 0.1) is 20.8 Å². The molecule has 2 nitrogen and oxygen atoms in total. The Morgan fingerprint density at radius 1 is 0.680 bits per heavy atom. The first-order valence-corrected chi connectivity index (χ1v) is 20.3. The maximum absolute atomic E-state index is 6.86. The molecule has 0 bridgehead atoms. The number of hydrogen-bond acceptors (Lipinski definition) is 2. The average molecular weight is 670 g/mol. The average Bonchev–Trinajstić information content (AvgIpc) is 3.89. The summed E-state index contributed by atoms with van der Waals surface area (Å²) in [6.07, 6.45) is 3.25. The first-order chi connectivity index (χ1) is 24.0. The lowest BCUT2D eigenvalue weighted by atomic mass is 9.78. The third kappa shape index (κ3) is 5.31. The topological polar surface area (TPSA) is 26.3 Å². The highest BCUT2D eigenvalue weighted by Gasteiger charge is 2.41. The predicted octanol–water partition coefficient (Wildman–Crippen LogP) is 12.2. The van der Waals surface area contributed by atoms with Gasteiger partial charge < -0.3 is 8.83 Å². The molecule has 0 aliphatic heterocycles. The molecule has 4 aromatic carbocycles. The van der Waals surface area contributed by atoms with E-state index >= 15 is 0 Å². The van der Waals surface area contributed by atoms with E-state index in [1.165, 1.54) is 77.5 Å².